The van der Waals surface area contributed by atoms with Gasteiger partial charge in [-0.05, 0) is 55.2 Å². The van der Waals surface area contributed by atoms with Crippen LogP contribution in [0.5, 0.6) is 0 Å². The van der Waals surface area contributed by atoms with Crippen molar-refractivity contribution in [3.8, 4) is 23.7 Å². The lowest BCUT2D eigenvalue weighted by Crippen LogP contribution is -2.28. The number of hydrogen-bond acceptors (Lipinski definition) is 4. The molecule has 0 unspecified atom stereocenters. The highest BCUT2D eigenvalue weighted by Crippen LogP contribution is 2.07. The smallest absolute Gasteiger partial charge is 0.233 e. The summed E-state index contributed by atoms with van der Waals surface area (Å²) in [5, 5.41) is 0. The van der Waals surface area contributed by atoms with Gasteiger partial charge in [-0.3, -0.25) is 9.52 Å². The van der Waals surface area contributed by atoms with E-state index in [4.69, 9.17) is 4.42 Å². The summed E-state index contributed by atoms with van der Waals surface area (Å²) in [5.41, 5.74) is 0. The predicted molar refractivity (Wildman–Crippen MR) is 97.8 cm³/mol. The molecule has 0 atom stereocenters. The highest BCUT2D eigenvalue weighted by molar-refractivity contribution is 7.89. The van der Waals surface area contributed by atoms with Crippen LogP contribution in [0.1, 0.15) is 50.7 Å². The van der Waals surface area contributed by atoms with Gasteiger partial charge in [0.05, 0.1) is 12.5 Å². The molecule has 0 aromatic carbocycles. The van der Waals surface area contributed by atoms with Crippen molar-refractivity contribution in [1.29, 1.82) is 0 Å². The molecule has 25 heavy (non-hydrogen) atoms. The summed E-state index contributed by atoms with van der Waals surface area (Å²) in [6.07, 6.45) is 12.4. The second kappa shape index (κ2) is 12.0. The van der Waals surface area contributed by atoms with Gasteiger partial charge in [0.15, 0.2) is 5.76 Å². The van der Waals surface area contributed by atoms with E-state index in [1.54, 1.807) is 24.5 Å². The lowest BCUT2D eigenvalue weighted by molar-refractivity contribution is -0.119. The molecule has 1 aromatic rings. The fraction of sp³-hybridized carbons (Fsp3) is 0.421. The molecule has 0 spiro atoms. The van der Waals surface area contributed by atoms with E-state index < -0.39 is 15.9 Å². The molecule has 0 aliphatic heterocycles. The summed E-state index contributed by atoms with van der Waals surface area (Å²) in [4.78, 5) is 11.3. The van der Waals surface area contributed by atoms with E-state index in [0.717, 1.165) is 38.4 Å². The van der Waals surface area contributed by atoms with Crippen LogP contribution < -0.4 is 4.72 Å². The van der Waals surface area contributed by atoms with Crippen LogP contribution in [-0.2, 0) is 14.8 Å². The van der Waals surface area contributed by atoms with Crippen LogP contribution in [0, 0.1) is 23.7 Å². The Bertz CT molecular complexity index is 769. The SMILES string of the molecule is CS(=O)(=O)NC(=O)CCCCCCC/C=C\C#CC#Cc1ccco1. The Kier molecular flexibility index (Phi) is 9.89. The Hall–Kier alpha value is -2.44. The number of furan rings is 1. The highest BCUT2D eigenvalue weighted by atomic mass is 32.2. The van der Waals surface area contributed by atoms with Crippen molar-refractivity contribution in [3.63, 3.8) is 0 Å². The second-order valence-electron chi connectivity index (χ2n) is 5.50. The zero-order valence-corrected chi connectivity index (χ0v) is 15.2. The summed E-state index contributed by atoms with van der Waals surface area (Å²) < 4.78 is 28.7. The fourth-order valence-corrected chi connectivity index (χ4v) is 2.51. The molecule has 1 heterocycles. The second-order valence-corrected chi connectivity index (χ2v) is 7.25. The average molecular weight is 361 g/mol. The first kappa shape index (κ1) is 20.6. The number of carbonyl (C=O) groups is 1. The Morgan fingerprint density at radius 3 is 2.68 bits per heavy atom. The normalized spacial score (nSPS) is 10.6. The molecule has 134 valence electrons. The first-order valence-electron chi connectivity index (χ1n) is 8.18. The number of sulfonamides is 1. The lowest BCUT2D eigenvalue weighted by atomic mass is 10.1. The van der Waals surface area contributed by atoms with Crippen LogP contribution in [0.2, 0.25) is 0 Å². The molecule has 1 amide bonds. The summed E-state index contributed by atoms with van der Waals surface area (Å²) in [6, 6.07) is 3.56. The van der Waals surface area contributed by atoms with Crippen molar-refractivity contribution in [3.05, 3.63) is 36.3 Å². The van der Waals surface area contributed by atoms with Gasteiger partial charge < -0.3 is 4.42 Å². The topological polar surface area (TPSA) is 76.4 Å². The van der Waals surface area contributed by atoms with Crippen LogP contribution in [0.4, 0.5) is 0 Å². The van der Waals surface area contributed by atoms with Gasteiger partial charge in [-0.25, -0.2) is 8.42 Å². The molecule has 0 aliphatic carbocycles. The minimum Gasteiger partial charge on any atom is -0.456 e. The Balaban J connectivity index is 1.99. The molecular formula is C19H23NO4S. The van der Waals surface area contributed by atoms with Crippen molar-refractivity contribution in [2.24, 2.45) is 0 Å². The van der Waals surface area contributed by atoms with Gasteiger partial charge in [0.25, 0.3) is 0 Å². The summed E-state index contributed by atoms with van der Waals surface area (Å²) in [5.74, 6) is 11.3. The van der Waals surface area contributed by atoms with Crippen LogP contribution in [0.25, 0.3) is 0 Å². The summed E-state index contributed by atoms with van der Waals surface area (Å²) in [7, 11) is -3.43. The first-order chi connectivity index (χ1) is 12.0. The molecular weight excluding hydrogens is 338 g/mol. The maximum absolute atomic E-state index is 11.3. The number of unbranched alkanes of at least 4 members (excludes halogenated alkanes) is 5. The molecule has 0 saturated carbocycles. The van der Waals surface area contributed by atoms with E-state index in [1.807, 2.05) is 10.8 Å². The molecule has 1 rings (SSSR count). The molecule has 0 aliphatic rings. The number of allylic oxidation sites excluding steroid dienone is 2. The molecule has 0 fully saturated rings. The Morgan fingerprint density at radius 2 is 1.96 bits per heavy atom. The third-order valence-corrected chi connectivity index (χ3v) is 3.72. The quantitative estimate of drug-likeness (QED) is 0.542. The van der Waals surface area contributed by atoms with Crippen LogP contribution in [0.15, 0.2) is 35.0 Å². The monoisotopic (exact) mass is 361 g/mol. The molecule has 5 nitrogen and oxygen atoms in total. The average Bonchev–Trinajstić information content (AvgIpc) is 3.03. The van der Waals surface area contributed by atoms with E-state index >= 15 is 0 Å². The maximum atomic E-state index is 11.3. The molecule has 0 saturated heterocycles. The zero-order chi connectivity index (χ0) is 18.4. The Morgan fingerprint density at radius 1 is 1.20 bits per heavy atom. The van der Waals surface area contributed by atoms with Crippen molar-refractivity contribution >= 4 is 15.9 Å². The zero-order valence-electron chi connectivity index (χ0n) is 14.4. The van der Waals surface area contributed by atoms with Crippen molar-refractivity contribution < 1.29 is 17.6 Å². The molecule has 0 radical (unpaired) electrons. The minimum atomic E-state index is -3.43. The van der Waals surface area contributed by atoms with E-state index in [-0.39, 0.29) is 6.42 Å². The number of hydrogen-bond donors (Lipinski definition) is 1. The van der Waals surface area contributed by atoms with E-state index in [1.165, 1.54) is 0 Å². The fourth-order valence-electron chi connectivity index (χ4n) is 2.00. The number of nitrogens with one attached hydrogen (secondary N) is 1. The van der Waals surface area contributed by atoms with E-state index in [0.29, 0.717) is 12.2 Å². The minimum absolute atomic E-state index is 0.252. The number of rotatable bonds is 9. The summed E-state index contributed by atoms with van der Waals surface area (Å²) >= 11 is 0. The van der Waals surface area contributed by atoms with Crippen LogP contribution >= 0.6 is 0 Å². The largest absolute Gasteiger partial charge is 0.456 e. The van der Waals surface area contributed by atoms with Gasteiger partial charge in [-0.15, -0.1) is 0 Å². The third-order valence-electron chi connectivity index (χ3n) is 3.12. The standard InChI is InChI=1S/C19H23NO4S/c1-25(22,23)20-19(21)16-12-10-8-6-4-2-3-5-7-9-11-14-18-15-13-17-24-18/h3,5,13,15,17H,2,4,6,8,10,12,16H2,1H3,(H,20,21)/b5-3-. The molecule has 0 bridgehead atoms. The molecule has 1 N–H and O–H groups in total. The van der Waals surface area contributed by atoms with Crippen molar-refractivity contribution in [1.82, 2.24) is 4.72 Å². The van der Waals surface area contributed by atoms with Crippen LogP contribution in [0.3, 0.4) is 0 Å². The van der Waals surface area contributed by atoms with Gasteiger partial charge in [-0.1, -0.05) is 31.3 Å². The predicted octanol–water partition coefficient (Wildman–Crippen LogP) is 3.00. The lowest BCUT2D eigenvalue weighted by Gasteiger charge is -2.02. The van der Waals surface area contributed by atoms with E-state index in [9.17, 15) is 13.2 Å². The van der Waals surface area contributed by atoms with Gasteiger partial charge in [0, 0.05) is 6.42 Å². The van der Waals surface area contributed by atoms with Gasteiger partial charge in [0.2, 0.25) is 15.9 Å². The van der Waals surface area contributed by atoms with Crippen molar-refractivity contribution in [2.75, 3.05) is 6.26 Å². The summed E-state index contributed by atoms with van der Waals surface area (Å²) in [6.45, 7) is 0. The Labute approximate surface area is 149 Å². The van der Waals surface area contributed by atoms with Gasteiger partial charge >= 0.3 is 0 Å². The molecule has 1 aromatic heterocycles. The first-order valence-corrected chi connectivity index (χ1v) is 10.1. The van der Waals surface area contributed by atoms with E-state index in [2.05, 4.69) is 23.7 Å². The number of carbonyl (C=O) groups excluding carboxylic acids is 1. The van der Waals surface area contributed by atoms with Gasteiger partial charge in [0.1, 0.15) is 0 Å². The van der Waals surface area contributed by atoms with Crippen LogP contribution in [-0.4, -0.2) is 20.6 Å². The highest BCUT2D eigenvalue weighted by Gasteiger charge is 2.07. The third kappa shape index (κ3) is 12.6. The van der Waals surface area contributed by atoms with Crippen molar-refractivity contribution in [2.45, 2.75) is 44.9 Å². The van der Waals surface area contributed by atoms with Gasteiger partial charge in [-0.2, -0.15) is 0 Å². The molecule has 6 heteroatoms. The maximum Gasteiger partial charge on any atom is 0.233 e. The number of amides is 1.